The van der Waals surface area contributed by atoms with Crippen LogP contribution in [0.4, 0.5) is 0 Å². The van der Waals surface area contributed by atoms with Gasteiger partial charge in [0.1, 0.15) is 12.4 Å². The molecule has 0 saturated carbocycles. The molecule has 0 fully saturated rings. The molecule has 1 rings (SSSR count). The Morgan fingerprint density at radius 1 is 1.31 bits per heavy atom. The van der Waals surface area contributed by atoms with Crippen LogP contribution in [0.15, 0.2) is 18.5 Å². The summed E-state index contributed by atoms with van der Waals surface area (Å²) >= 11 is 0. The van der Waals surface area contributed by atoms with E-state index in [0.29, 0.717) is 19.0 Å². The molecule has 0 radical (unpaired) electrons. The molecule has 0 saturated heterocycles. The first-order chi connectivity index (χ1) is 7.88. The van der Waals surface area contributed by atoms with Gasteiger partial charge in [0.25, 0.3) is 0 Å². The second-order valence-electron chi connectivity index (χ2n) is 3.46. The Morgan fingerprint density at radius 2 is 2.19 bits per heavy atom. The van der Waals surface area contributed by atoms with E-state index < -0.39 is 0 Å². The molecule has 1 aromatic rings. The molecule has 0 aliphatic heterocycles. The third-order valence-electron chi connectivity index (χ3n) is 2.17. The zero-order valence-corrected chi connectivity index (χ0v) is 9.69. The molecule has 0 spiro atoms. The van der Waals surface area contributed by atoms with E-state index in [2.05, 4.69) is 11.9 Å². The molecule has 0 amide bonds. The Labute approximate surface area is 96.2 Å². The van der Waals surface area contributed by atoms with Gasteiger partial charge in [0.2, 0.25) is 0 Å². The number of hydrogen-bond donors (Lipinski definition) is 1. The molecule has 1 heterocycles. The summed E-state index contributed by atoms with van der Waals surface area (Å²) in [7, 11) is 0. The highest BCUT2D eigenvalue weighted by Gasteiger charge is 2.01. The number of pyridine rings is 1. The highest BCUT2D eigenvalue weighted by atomic mass is 16.5. The van der Waals surface area contributed by atoms with Gasteiger partial charge in [0, 0.05) is 18.4 Å². The van der Waals surface area contributed by atoms with E-state index in [-0.39, 0.29) is 6.61 Å². The molecule has 0 atom stereocenters. The second kappa shape index (κ2) is 8.07. The van der Waals surface area contributed by atoms with Gasteiger partial charge in [-0.05, 0) is 12.5 Å². The molecule has 1 aromatic heterocycles. The van der Waals surface area contributed by atoms with Crippen molar-refractivity contribution in [3.05, 3.63) is 24.0 Å². The van der Waals surface area contributed by atoms with Gasteiger partial charge in [-0.25, -0.2) is 0 Å². The lowest BCUT2D eigenvalue weighted by molar-refractivity contribution is 0.0970. The zero-order chi connectivity index (χ0) is 11.6. The van der Waals surface area contributed by atoms with Gasteiger partial charge in [-0.15, -0.1) is 0 Å². The number of hydrogen-bond acceptors (Lipinski definition) is 4. The zero-order valence-electron chi connectivity index (χ0n) is 9.69. The van der Waals surface area contributed by atoms with Gasteiger partial charge < -0.3 is 14.6 Å². The number of unbranched alkanes of at least 4 members (excludes halogenated alkanes) is 1. The predicted octanol–water partition coefficient (Wildman–Crippen LogP) is 1.77. The van der Waals surface area contributed by atoms with Crippen LogP contribution in [0.25, 0.3) is 0 Å². The number of aliphatic hydroxyl groups excluding tert-OH is 1. The van der Waals surface area contributed by atoms with Gasteiger partial charge >= 0.3 is 0 Å². The Bertz CT molecular complexity index is 291. The van der Waals surface area contributed by atoms with Crippen LogP contribution < -0.4 is 4.74 Å². The quantitative estimate of drug-likeness (QED) is 0.685. The average molecular weight is 225 g/mol. The normalized spacial score (nSPS) is 10.4. The van der Waals surface area contributed by atoms with Crippen molar-refractivity contribution in [2.45, 2.75) is 26.4 Å². The van der Waals surface area contributed by atoms with E-state index in [4.69, 9.17) is 14.6 Å². The van der Waals surface area contributed by atoms with Gasteiger partial charge in [-0.2, -0.15) is 0 Å². The summed E-state index contributed by atoms with van der Waals surface area (Å²) in [6.45, 7) is 3.93. The van der Waals surface area contributed by atoms with Crippen molar-refractivity contribution >= 4 is 0 Å². The van der Waals surface area contributed by atoms with E-state index in [0.717, 1.165) is 25.0 Å². The molecule has 16 heavy (non-hydrogen) atoms. The minimum atomic E-state index is -0.0332. The summed E-state index contributed by atoms with van der Waals surface area (Å²) in [5, 5.41) is 9.05. The number of ether oxygens (including phenoxy) is 2. The Morgan fingerprint density at radius 3 is 2.94 bits per heavy atom. The van der Waals surface area contributed by atoms with Crippen LogP contribution in [0, 0.1) is 0 Å². The van der Waals surface area contributed by atoms with E-state index in [1.54, 1.807) is 18.5 Å². The van der Waals surface area contributed by atoms with Crippen molar-refractivity contribution in [3.63, 3.8) is 0 Å². The SMILES string of the molecule is CCCCOCCOc1cnccc1CO. The van der Waals surface area contributed by atoms with Crippen molar-refractivity contribution in [1.29, 1.82) is 0 Å². The fourth-order valence-electron chi connectivity index (χ4n) is 1.23. The summed E-state index contributed by atoms with van der Waals surface area (Å²) in [6, 6.07) is 1.74. The van der Waals surface area contributed by atoms with E-state index >= 15 is 0 Å². The summed E-state index contributed by atoms with van der Waals surface area (Å²) in [6.07, 6.45) is 5.46. The number of nitrogens with zero attached hydrogens (tertiary/aromatic N) is 1. The lowest BCUT2D eigenvalue weighted by Crippen LogP contribution is -2.08. The molecule has 0 aromatic carbocycles. The monoisotopic (exact) mass is 225 g/mol. The Balaban J connectivity index is 2.21. The van der Waals surface area contributed by atoms with Gasteiger partial charge in [-0.1, -0.05) is 13.3 Å². The standard InChI is InChI=1S/C12H19NO3/c1-2-3-6-15-7-8-16-12-9-13-5-4-11(12)10-14/h4-5,9,14H,2-3,6-8,10H2,1H3. The largest absolute Gasteiger partial charge is 0.489 e. The first-order valence-electron chi connectivity index (χ1n) is 5.62. The maximum Gasteiger partial charge on any atom is 0.143 e. The highest BCUT2D eigenvalue weighted by molar-refractivity contribution is 5.28. The van der Waals surface area contributed by atoms with Crippen LogP contribution in [-0.4, -0.2) is 29.9 Å². The van der Waals surface area contributed by atoms with Crippen molar-refractivity contribution in [1.82, 2.24) is 4.98 Å². The van der Waals surface area contributed by atoms with Gasteiger partial charge in [0.05, 0.1) is 19.4 Å². The minimum Gasteiger partial charge on any atom is -0.489 e. The molecule has 0 bridgehead atoms. The van der Waals surface area contributed by atoms with Crippen LogP contribution in [0.1, 0.15) is 25.3 Å². The summed E-state index contributed by atoms with van der Waals surface area (Å²) in [5.74, 6) is 0.629. The predicted molar refractivity (Wildman–Crippen MR) is 61.4 cm³/mol. The first kappa shape index (κ1) is 12.9. The van der Waals surface area contributed by atoms with E-state index in [1.807, 2.05) is 0 Å². The summed E-state index contributed by atoms with van der Waals surface area (Å²) < 4.78 is 10.8. The maximum atomic E-state index is 9.05. The topological polar surface area (TPSA) is 51.6 Å². The molecule has 4 heteroatoms. The molecule has 0 aliphatic rings. The fraction of sp³-hybridized carbons (Fsp3) is 0.583. The van der Waals surface area contributed by atoms with Crippen molar-refractivity contribution in [2.24, 2.45) is 0 Å². The Kier molecular flexibility index (Phi) is 6.53. The molecule has 4 nitrogen and oxygen atoms in total. The van der Waals surface area contributed by atoms with Gasteiger partial charge in [0.15, 0.2) is 0 Å². The minimum absolute atomic E-state index is 0.0332. The maximum absolute atomic E-state index is 9.05. The molecule has 90 valence electrons. The third-order valence-corrected chi connectivity index (χ3v) is 2.17. The van der Waals surface area contributed by atoms with E-state index in [1.165, 1.54) is 0 Å². The van der Waals surface area contributed by atoms with Crippen molar-refractivity contribution in [2.75, 3.05) is 19.8 Å². The van der Waals surface area contributed by atoms with E-state index in [9.17, 15) is 0 Å². The summed E-state index contributed by atoms with van der Waals surface area (Å²) in [5.41, 5.74) is 0.753. The van der Waals surface area contributed by atoms with Crippen LogP contribution in [0.2, 0.25) is 0 Å². The number of aromatic nitrogens is 1. The van der Waals surface area contributed by atoms with Crippen molar-refractivity contribution < 1.29 is 14.6 Å². The number of rotatable bonds is 8. The lowest BCUT2D eigenvalue weighted by atomic mass is 10.2. The van der Waals surface area contributed by atoms with Crippen LogP contribution in [0.5, 0.6) is 5.75 Å². The smallest absolute Gasteiger partial charge is 0.143 e. The highest BCUT2D eigenvalue weighted by Crippen LogP contribution is 2.15. The van der Waals surface area contributed by atoms with Crippen LogP contribution >= 0.6 is 0 Å². The molecular formula is C12H19NO3. The van der Waals surface area contributed by atoms with Crippen LogP contribution in [-0.2, 0) is 11.3 Å². The second-order valence-corrected chi connectivity index (χ2v) is 3.46. The first-order valence-corrected chi connectivity index (χ1v) is 5.62. The third kappa shape index (κ3) is 4.59. The summed E-state index contributed by atoms with van der Waals surface area (Å²) in [4.78, 5) is 3.94. The molecular weight excluding hydrogens is 206 g/mol. The lowest BCUT2D eigenvalue weighted by Gasteiger charge is -2.09. The molecule has 0 aliphatic carbocycles. The van der Waals surface area contributed by atoms with Crippen LogP contribution in [0.3, 0.4) is 0 Å². The van der Waals surface area contributed by atoms with Crippen molar-refractivity contribution in [3.8, 4) is 5.75 Å². The average Bonchev–Trinajstić information content (AvgIpc) is 2.34. The molecule has 0 unspecified atom stereocenters. The van der Waals surface area contributed by atoms with Gasteiger partial charge in [-0.3, -0.25) is 4.98 Å². The number of aliphatic hydroxyl groups is 1. The molecule has 1 N–H and O–H groups in total. The Hall–Kier alpha value is -1.13. The fourth-order valence-corrected chi connectivity index (χ4v) is 1.23.